The van der Waals surface area contributed by atoms with Gasteiger partial charge in [-0.1, -0.05) is 158 Å². The van der Waals surface area contributed by atoms with Crippen molar-refractivity contribution in [2.45, 2.75) is 228 Å². The molecule has 0 saturated heterocycles. The van der Waals surface area contributed by atoms with Crippen LogP contribution in [0.25, 0.3) is 0 Å². The minimum atomic E-state index is -0.969. The molecule has 16 nitrogen and oxygen atoms in total. The van der Waals surface area contributed by atoms with Gasteiger partial charge >= 0.3 is 35.9 Å². The van der Waals surface area contributed by atoms with Gasteiger partial charge in [-0.05, 0) is 72.0 Å². The van der Waals surface area contributed by atoms with E-state index in [1.807, 2.05) is 46.7 Å². The Balaban J connectivity index is 5.50. The first kappa shape index (κ1) is 69.5. The Morgan fingerprint density at radius 2 is 0.849 bits per heavy atom. The van der Waals surface area contributed by atoms with Crippen LogP contribution in [0.15, 0.2) is 0 Å². The summed E-state index contributed by atoms with van der Waals surface area (Å²) < 4.78 is 40.0. The maximum Gasteiger partial charge on any atom is 0.317 e. The van der Waals surface area contributed by atoms with Gasteiger partial charge in [-0.3, -0.25) is 24.0 Å². The number of hydrogen-bond acceptors (Lipinski definition) is 14. The SMILES string of the molecule is CCCCCCC(C)C(=O)OCC(COC(=O)C(C)CCCCCC)OCOCCCCN(CCCC(=O)OC(COC(=O)C(C)CCCCCC)COC(=O)C(C)CCCCCC)C(=O)NCCCN(C)C. The van der Waals surface area contributed by atoms with Crippen molar-refractivity contribution in [3.63, 3.8) is 0 Å². The van der Waals surface area contributed by atoms with E-state index in [1.54, 1.807) is 4.90 Å². The first-order valence-corrected chi connectivity index (χ1v) is 28.8. The number of esters is 5. The van der Waals surface area contributed by atoms with E-state index >= 15 is 0 Å². The normalized spacial score (nSPS) is 13.8. The van der Waals surface area contributed by atoms with Crippen molar-refractivity contribution < 1.29 is 61.9 Å². The lowest BCUT2D eigenvalue weighted by molar-refractivity contribution is -0.169. The predicted molar refractivity (Wildman–Crippen MR) is 288 cm³/mol. The summed E-state index contributed by atoms with van der Waals surface area (Å²) in [5.41, 5.74) is 0. The lowest BCUT2D eigenvalue weighted by Crippen LogP contribution is -2.42. The summed E-state index contributed by atoms with van der Waals surface area (Å²) in [6.45, 7) is 17.6. The van der Waals surface area contributed by atoms with Gasteiger partial charge in [0, 0.05) is 32.7 Å². The molecule has 0 aliphatic heterocycles. The number of nitrogens with one attached hydrogen (secondary N) is 1. The molecule has 0 radical (unpaired) electrons. The van der Waals surface area contributed by atoms with Crippen LogP contribution in [0.5, 0.6) is 0 Å². The topological polar surface area (TPSA) is 186 Å². The summed E-state index contributed by atoms with van der Waals surface area (Å²) in [5.74, 6) is -3.03. The molecule has 0 aromatic carbocycles. The molecule has 4 unspecified atom stereocenters. The minimum Gasteiger partial charge on any atom is -0.463 e. The summed E-state index contributed by atoms with van der Waals surface area (Å²) in [4.78, 5) is 81.8. The lowest BCUT2D eigenvalue weighted by atomic mass is 10.0. The zero-order valence-corrected chi connectivity index (χ0v) is 47.9. The summed E-state index contributed by atoms with van der Waals surface area (Å²) in [5, 5.41) is 3.00. The van der Waals surface area contributed by atoms with E-state index in [9.17, 15) is 28.8 Å². The van der Waals surface area contributed by atoms with Crippen LogP contribution in [0.3, 0.4) is 0 Å². The molecule has 0 heterocycles. The van der Waals surface area contributed by atoms with Crippen molar-refractivity contribution in [2.24, 2.45) is 23.7 Å². The molecule has 1 N–H and O–H groups in total. The van der Waals surface area contributed by atoms with Gasteiger partial charge in [0.25, 0.3) is 0 Å². The zero-order chi connectivity index (χ0) is 54.5. The molecule has 4 atom stereocenters. The average molecular weight is 1040 g/mol. The molecule has 0 fully saturated rings. The van der Waals surface area contributed by atoms with Crippen LogP contribution in [-0.2, 0) is 57.1 Å². The maximum atomic E-state index is 13.4. The van der Waals surface area contributed by atoms with Crippen LogP contribution >= 0.6 is 0 Å². The van der Waals surface area contributed by atoms with Crippen LogP contribution in [0.1, 0.15) is 216 Å². The molecular weight excluding hydrogens is 935 g/mol. The number of unbranched alkanes of at least 4 members (excludes halogenated alkanes) is 13. The Labute approximate surface area is 443 Å². The molecule has 73 heavy (non-hydrogen) atoms. The van der Waals surface area contributed by atoms with Gasteiger partial charge in [0.2, 0.25) is 0 Å². The molecule has 0 aliphatic carbocycles. The molecule has 0 aliphatic rings. The monoisotopic (exact) mass is 1040 g/mol. The van der Waals surface area contributed by atoms with Crippen LogP contribution in [0.2, 0.25) is 0 Å². The quantitative estimate of drug-likeness (QED) is 0.0262. The second-order valence-corrected chi connectivity index (χ2v) is 20.6. The highest BCUT2D eigenvalue weighted by atomic mass is 16.7. The smallest absolute Gasteiger partial charge is 0.317 e. The number of carbonyl (C=O) groups is 6. The highest BCUT2D eigenvalue weighted by Gasteiger charge is 2.25. The van der Waals surface area contributed by atoms with Gasteiger partial charge in [0.15, 0.2) is 6.10 Å². The minimum absolute atomic E-state index is 0.00749. The second-order valence-electron chi connectivity index (χ2n) is 20.6. The third-order valence-corrected chi connectivity index (χ3v) is 13.0. The number of nitrogens with zero attached hydrogens (tertiary/aromatic N) is 2. The van der Waals surface area contributed by atoms with E-state index in [0.29, 0.717) is 51.8 Å². The number of urea groups is 1. The Morgan fingerprint density at radius 3 is 1.25 bits per heavy atom. The Kier molecular flexibility index (Phi) is 44.7. The maximum absolute atomic E-state index is 13.4. The number of ether oxygens (including phenoxy) is 7. The van der Waals surface area contributed by atoms with E-state index in [1.165, 1.54) is 0 Å². The van der Waals surface area contributed by atoms with Crippen molar-refractivity contribution in [3.05, 3.63) is 0 Å². The Hall–Kier alpha value is -3.50. The van der Waals surface area contributed by atoms with Crippen LogP contribution in [0.4, 0.5) is 4.79 Å². The van der Waals surface area contributed by atoms with E-state index in [-0.39, 0.29) is 99.8 Å². The summed E-state index contributed by atoms with van der Waals surface area (Å²) in [7, 11) is 3.95. The van der Waals surface area contributed by atoms with Crippen LogP contribution < -0.4 is 5.32 Å². The zero-order valence-electron chi connectivity index (χ0n) is 47.9. The van der Waals surface area contributed by atoms with E-state index in [4.69, 9.17) is 33.2 Å². The van der Waals surface area contributed by atoms with E-state index in [2.05, 4.69) is 33.0 Å². The highest BCUT2D eigenvalue weighted by molar-refractivity contribution is 5.75. The van der Waals surface area contributed by atoms with Gasteiger partial charge in [-0.15, -0.1) is 0 Å². The predicted octanol–water partition coefficient (Wildman–Crippen LogP) is 11.4. The summed E-state index contributed by atoms with van der Waals surface area (Å²) in [6, 6.07) is -0.238. The molecule has 0 bridgehead atoms. The average Bonchev–Trinajstić information content (AvgIpc) is 3.37. The fraction of sp³-hybridized carbons (Fsp3) is 0.895. The molecule has 16 heteroatoms. The first-order valence-electron chi connectivity index (χ1n) is 28.8. The van der Waals surface area contributed by atoms with Gasteiger partial charge in [-0.25, -0.2) is 4.79 Å². The number of hydrogen-bond donors (Lipinski definition) is 1. The molecular formula is C57H107N3O13. The lowest BCUT2D eigenvalue weighted by Gasteiger charge is -2.24. The van der Waals surface area contributed by atoms with Crippen molar-refractivity contribution in [1.82, 2.24) is 15.1 Å². The number of carbonyl (C=O) groups excluding carboxylic acids is 6. The Morgan fingerprint density at radius 1 is 0.452 bits per heavy atom. The second kappa shape index (κ2) is 47.0. The van der Waals surface area contributed by atoms with Crippen LogP contribution in [0, 0.1) is 23.7 Å². The van der Waals surface area contributed by atoms with Gasteiger partial charge in [0.1, 0.15) is 39.3 Å². The molecule has 2 amide bonds. The van der Waals surface area contributed by atoms with Gasteiger partial charge in [-0.2, -0.15) is 0 Å². The van der Waals surface area contributed by atoms with Gasteiger partial charge < -0.3 is 48.3 Å². The van der Waals surface area contributed by atoms with Crippen LogP contribution in [-0.4, -0.2) is 138 Å². The standard InChI is InChI=1S/C57H107N3O13/c1-11-15-19-23-31-46(5)53(62)68-41-50(42-69-54(63)47(6)32-24-20-16-12-2)72-45-67-40-28-27-38-60(57(66)58-36-30-37-59(9)10)39-29-35-52(61)73-51(43-70-55(64)48(7)33-25-21-17-13-3)44-71-56(65)49(8)34-26-22-18-14-4/h46-51H,11-45H2,1-10H3,(H,58,66). The van der Waals surface area contributed by atoms with Crippen molar-refractivity contribution in [2.75, 3.05) is 80.1 Å². The van der Waals surface area contributed by atoms with Crippen molar-refractivity contribution >= 4 is 35.9 Å². The third kappa shape index (κ3) is 39.6. The fourth-order valence-electron chi connectivity index (χ4n) is 7.90. The number of rotatable bonds is 49. The third-order valence-electron chi connectivity index (χ3n) is 13.0. The first-order chi connectivity index (χ1) is 35.1. The van der Waals surface area contributed by atoms with Gasteiger partial charge in [0.05, 0.1) is 23.7 Å². The summed E-state index contributed by atoms with van der Waals surface area (Å²) >= 11 is 0. The fourth-order valence-corrected chi connectivity index (χ4v) is 7.90. The molecule has 0 rings (SSSR count). The molecule has 0 spiro atoms. The Bertz CT molecular complexity index is 1350. The van der Waals surface area contributed by atoms with E-state index in [0.717, 1.165) is 129 Å². The molecule has 428 valence electrons. The number of amides is 2. The molecule has 0 aromatic rings. The van der Waals surface area contributed by atoms with Crippen molar-refractivity contribution in [3.8, 4) is 0 Å². The summed E-state index contributed by atoms with van der Waals surface area (Å²) in [6.07, 6.45) is 20.4. The highest BCUT2D eigenvalue weighted by Crippen LogP contribution is 2.17. The molecule has 0 aromatic heterocycles. The van der Waals surface area contributed by atoms with E-state index < -0.39 is 18.2 Å². The molecule has 0 saturated carbocycles. The van der Waals surface area contributed by atoms with Crippen molar-refractivity contribution in [1.29, 1.82) is 0 Å². The largest absolute Gasteiger partial charge is 0.463 e.